The van der Waals surface area contributed by atoms with Crippen molar-refractivity contribution in [2.45, 2.75) is 19.9 Å². The van der Waals surface area contributed by atoms with E-state index in [1.54, 1.807) is 20.4 Å². The van der Waals surface area contributed by atoms with Gasteiger partial charge in [0.2, 0.25) is 0 Å². The molecular formula is C9H15N2O2-. The van der Waals surface area contributed by atoms with Crippen LogP contribution in [0, 0.1) is 5.92 Å². The Hall–Kier alpha value is -1.19. The van der Waals surface area contributed by atoms with E-state index < -0.39 is 0 Å². The summed E-state index contributed by atoms with van der Waals surface area (Å²) in [5, 5.41) is 4.34. The van der Waals surface area contributed by atoms with Crippen molar-refractivity contribution in [3.8, 4) is 0 Å². The summed E-state index contributed by atoms with van der Waals surface area (Å²) in [6.45, 7) is 4.14. The molecule has 0 aliphatic carbocycles. The Labute approximate surface area is 78.6 Å². The molecule has 0 saturated carbocycles. The minimum atomic E-state index is -0.0232. The van der Waals surface area contributed by atoms with Gasteiger partial charge in [0.05, 0.1) is 20.4 Å². The second-order valence-electron chi connectivity index (χ2n) is 3.16. The van der Waals surface area contributed by atoms with Gasteiger partial charge in [-0.3, -0.25) is 0 Å². The molecule has 0 radical (unpaired) electrons. The zero-order valence-corrected chi connectivity index (χ0v) is 8.44. The Morgan fingerprint density at radius 3 is 2.54 bits per heavy atom. The van der Waals surface area contributed by atoms with Gasteiger partial charge in [-0.05, 0) is 6.04 Å². The predicted octanol–water partition coefficient (Wildman–Crippen LogP) is 1.89. The average molecular weight is 183 g/mol. The number of rotatable bonds is 2. The lowest BCUT2D eigenvalue weighted by Gasteiger charge is -2.38. The Balaban J connectivity index is 2.77. The summed E-state index contributed by atoms with van der Waals surface area (Å²) in [6.07, 6.45) is 1.57. The van der Waals surface area contributed by atoms with Gasteiger partial charge in [-0.25, -0.2) is 4.99 Å². The molecule has 1 rings (SSSR count). The highest BCUT2D eigenvalue weighted by molar-refractivity contribution is 5.86. The first-order chi connectivity index (χ1) is 6.19. The molecule has 1 heterocycles. The molecule has 0 spiro atoms. The number of aliphatic imine (C=N–C) groups is 1. The zero-order chi connectivity index (χ0) is 9.84. The van der Waals surface area contributed by atoms with Crippen LogP contribution in [0.1, 0.15) is 13.8 Å². The van der Waals surface area contributed by atoms with Gasteiger partial charge in [0.15, 0.2) is 5.90 Å². The summed E-state index contributed by atoms with van der Waals surface area (Å²) >= 11 is 0. The molecule has 0 aromatic rings. The summed E-state index contributed by atoms with van der Waals surface area (Å²) in [7, 11) is 3.19. The van der Waals surface area contributed by atoms with Gasteiger partial charge in [0.25, 0.3) is 0 Å². The maximum Gasteiger partial charge on any atom is 0.172 e. The lowest BCUT2D eigenvalue weighted by Crippen LogP contribution is -2.29. The van der Waals surface area contributed by atoms with Crippen LogP contribution in [0.5, 0.6) is 0 Å². The van der Waals surface area contributed by atoms with Crippen molar-refractivity contribution < 1.29 is 9.47 Å². The quantitative estimate of drug-likeness (QED) is 0.656. The fourth-order valence-corrected chi connectivity index (χ4v) is 1.13. The highest BCUT2D eigenvalue weighted by atomic mass is 16.5. The zero-order valence-electron chi connectivity index (χ0n) is 8.44. The van der Waals surface area contributed by atoms with E-state index in [-0.39, 0.29) is 6.04 Å². The summed E-state index contributed by atoms with van der Waals surface area (Å²) in [5.74, 6) is 1.56. The van der Waals surface area contributed by atoms with Gasteiger partial charge in [0, 0.05) is 5.88 Å². The molecule has 74 valence electrons. The SMILES string of the molecule is COC1=CN=C(OC)[C@@H](C(C)C)[N-]1. The van der Waals surface area contributed by atoms with Crippen LogP contribution in [0.15, 0.2) is 17.1 Å². The molecule has 4 heteroatoms. The summed E-state index contributed by atoms with van der Waals surface area (Å²) < 4.78 is 10.1. The van der Waals surface area contributed by atoms with Crippen molar-refractivity contribution >= 4 is 5.90 Å². The second kappa shape index (κ2) is 4.16. The topological polar surface area (TPSA) is 44.9 Å². The van der Waals surface area contributed by atoms with E-state index in [1.165, 1.54) is 0 Å². The predicted molar refractivity (Wildman–Crippen MR) is 51.5 cm³/mol. The third-order valence-corrected chi connectivity index (χ3v) is 1.87. The molecule has 1 aliphatic rings. The number of methoxy groups -OCH3 is 2. The van der Waals surface area contributed by atoms with Crippen molar-refractivity contribution in [3.05, 3.63) is 17.4 Å². The van der Waals surface area contributed by atoms with E-state index in [4.69, 9.17) is 9.47 Å². The summed E-state index contributed by atoms with van der Waals surface area (Å²) in [4.78, 5) is 4.12. The van der Waals surface area contributed by atoms with Gasteiger partial charge in [-0.15, -0.1) is 0 Å². The molecule has 0 saturated heterocycles. The van der Waals surface area contributed by atoms with Gasteiger partial charge < -0.3 is 14.8 Å². The van der Waals surface area contributed by atoms with E-state index in [0.29, 0.717) is 17.7 Å². The lowest BCUT2D eigenvalue weighted by molar-refractivity contribution is 0.287. The molecule has 1 atom stereocenters. The first-order valence-electron chi connectivity index (χ1n) is 4.25. The highest BCUT2D eigenvalue weighted by Gasteiger charge is 2.14. The van der Waals surface area contributed by atoms with Crippen LogP contribution in [0.3, 0.4) is 0 Å². The third kappa shape index (κ3) is 2.14. The fourth-order valence-electron chi connectivity index (χ4n) is 1.13. The molecule has 0 N–H and O–H groups in total. The summed E-state index contributed by atoms with van der Waals surface area (Å²) in [5.41, 5.74) is 0. The minimum Gasteiger partial charge on any atom is -0.642 e. The van der Waals surface area contributed by atoms with Crippen molar-refractivity contribution in [1.29, 1.82) is 0 Å². The third-order valence-electron chi connectivity index (χ3n) is 1.87. The van der Waals surface area contributed by atoms with Gasteiger partial charge in [-0.2, -0.15) is 0 Å². The van der Waals surface area contributed by atoms with Crippen LogP contribution in [0.2, 0.25) is 0 Å². The number of hydrogen-bond donors (Lipinski definition) is 0. The Morgan fingerprint density at radius 1 is 1.38 bits per heavy atom. The molecular weight excluding hydrogens is 168 g/mol. The van der Waals surface area contributed by atoms with E-state index in [1.807, 2.05) is 0 Å². The molecule has 4 nitrogen and oxygen atoms in total. The maximum absolute atomic E-state index is 5.11. The lowest BCUT2D eigenvalue weighted by atomic mass is 10.0. The maximum atomic E-state index is 5.11. The van der Waals surface area contributed by atoms with Crippen LogP contribution >= 0.6 is 0 Å². The number of hydrogen-bond acceptors (Lipinski definition) is 3. The van der Waals surface area contributed by atoms with E-state index in [2.05, 4.69) is 24.2 Å². The van der Waals surface area contributed by atoms with Crippen molar-refractivity contribution in [1.82, 2.24) is 0 Å². The van der Waals surface area contributed by atoms with Gasteiger partial charge in [0.1, 0.15) is 0 Å². The summed E-state index contributed by atoms with van der Waals surface area (Å²) in [6, 6.07) is -0.0232. The van der Waals surface area contributed by atoms with Crippen molar-refractivity contribution in [3.63, 3.8) is 0 Å². The van der Waals surface area contributed by atoms with Gasteiger partial charge >= 0.3 is 0 Å². The van der Waals surface area contributed by atoms with E-state index in [0.717, 1.165) is 0 Å². The molecule has 0 bridgehead atoms. The Kier molecular flexibility index (Phi) is 3.17. The molecule has 0 fully saturated rings. The van der Waals surface area contributed by atoms with E-state index >= 15 is 0 Å². The number of nitrogens with zero attached hydrogens (tertiary/aromatic N) is 2. The monoisotopic (exact) mass is 183 g/mol. The highest BCUT2D eigenvalue weighted by Crippen LogP contribution is 2.24. The van der Waals surface area contributed by atoms with Crippen molar-refractivity contribution in [2.24, 2.45) is 10.9 Å². The molecule has 13 heavy (non-hydrogen) atoms. The molecule has 0 amide bonds. The van der Waals surface area contributed by atoms with Crippen LogP contribution in [0.4, 0.5) is 0 Å². The molecule has 1 aliphatic heterocycles. The Bertz CT molecular complexity index is 234. The van der Waals surface area contributed by atoms with Crippen molar-refractivity contribution in [2.75, 3.05) is 14.2 Å². The number of ether oxygens (including phenoxy) is 2. The molecule has 0 unspecified atom stereocenters. The standard InChI is InChI=1S/C9H15N2O2/c1-6(2)8-9(13-4)10-5-7(11-8)12-3/h5-6,8H,1-4H3/q-1/t8-/m1/s1. The van der Waals surface area contributed by atoms with Gasteiger partial charge in [-0.1, -0.05) is 19.8 Å². The minimum absolute atomic E-state index is 0.0232. The Morgan fingerprint density at radius 2 is 2.08 bits per heavy atom. The van der Waals surface area contributed by atoms with Crippen LogP contribution in [-0.4, -0.2) is 26.2 Å². The normalized spacial score (nSPS) is 21.8. The van der Waals surface area contributed by atoms with Crippen LogP contribution in [-0.2, 0) is 9.47 Å². The fraction of sp³-hybridized carbons (Fsp3) is 0.667. The first kappa shape index (κ1) is 9.89. The average Bonchev–Trinajstić information content (AvgIpc) is 2.16. The smallest absolute Gasteiger partial charge is 0.172 e. The van der Waals surface area contributed by atoms with E-state index in [9.17, 15) is 0 Å². The van der Waals surface area contributed by atoms with Crippen LogP contribution < -0.4 is 0 Å². The molecule has 0 aromatic heterocycles. The first-order valence-corrected chi connectivity index (χ1v) is 4.25. The largest absolute Gasteiger partial charge is 0.642 e. The second-order valence-corrected chi connectivity index (χ2v) is 3.16. The molecule has 0 aromatic carbocycles. The van der Waals surface area contributed by atoms with Crippen LogP contribution in [0.25, 0.3) is 5.32 Å².